The first-order valence-electron chi connectivity index (χ1n) is 36.8. The van der Waals surface area contributed by atoms with Crippen molar-refractivity contribution in [2.45, 2.75) is 124 Å². The minimum Gasteiger partial charge on any atom is -0.444 e. The number of rotatable bonds is 10. The van der Waals surface area contributed by atoms with Crippen molar-refractivity contribution < 1.29 is 14.6 Å². The summed E-state index contributed by atoms with van der Waals surface area (Å²) in [7, 11) is -0.271. The molecule has 4 aromatic carbocycles. The molecular weight excluding hydrogens is 1520 g/mol. The highest BCUT2D eigenvalue weighted by Gasteiger charge is 2.34. The molecule has 20 nitrogen and oxygen atoms in total. The normalized spacial score (nSPS) is 20.0. The minimum atomic E-state index is -0.481. The highest BCUT2D eigenvalue weighted by molar-refractivity contribution is 9.10. The molecule has 14 rings (SSSR count). The van der Waals surface area contributed by atoms with Gasteiger partial charge in [-0.2, -0.15) is 15.8 Å². The molecule has 0 aliphatic carbocycles. The van der Waals surface area contributed by atoms with Gasteiger partial charge in [0.05, 0.1) is 62.8 Å². The van der Waals surface area contributed by atoms with Crippen molar-refractivity contribution in [2.24, 2.45) is 11.8 Å². The number of aromatic nitrogens is 5. The third-order valence-corrected chi connectivity index (χ3v) is 21.6. The Morgan fingerprint density at radius 1 is 0.528 bits per heavy atom. The van der Waals surface area contributed by atoms with Gasteiger partial charge in [0.1, 0.15) is 17.7 Å². The van der Waals surface area contributed by atoms with E-state index in [0.717, 1.165) is 185 Å². The Morgan fingerprint density at radius 3 is 1.39 bits per heavy atom. The summed E-state index contributed by atoms with van der Waals surface area (Å²) < 4.78 is 7.54. The lowest BCUT2D eigenvalue weighted by molar-refractivity contribution is 0.0240. The largest absolute Gasteiger partial charge is 0.444 e. The molecule has 554 valence electrons. The van der Waals surface area contributed by atoms with Crippen LogP contribution in [0.1, 0.15) is 103 Å². The summed E-state index contributed by atoms with van der Waals surface area (Å²) in [6, 6.07) is 48.8. The zero-order chi connectivity index (χ0) is 75.6. The van der Waals surface area contributed by atoms with Crippen LogP contribution in [0.5, 0.6) is 0 Å². The fourth-order valence-electron chi connectivity index (χ4n) is 14.9. The van der Waals surface area contributed by atoms with E-state index >= 15 is 0 Å². The maximum Gasteiger partial charge on any atom is 0.410 e. The number of ether oxygens (including phenoxy) is 1. The molecule has 106 heavy (non-hydrogen) atoms. The molecule has 5 saturated heterocycles. The van der Waals surface area contributed by atoms with Gasteiger partial charge in [0, 0.05) is 207 Å². The van der Waals surface area contributed by atoms with Crippen LogP contribution in [-0.2, 0) is 23.2 Å². The second-order valence-corrected chi connectivity index (χ2v) is 31.8. The first-order valence-corrected chi connectivity index (χ1v) is 39.5. The second-order valence-electron chi connectivity index (χ2n) is 29.4. The summed E-state index contributed by atoms with van der Waals surface area (Å²) in [6.07, 6.45) is 10.2. The van der Waals surface area contributed by atoms with Gasteiger partial charge >= 0.3 is 13.1 Å². The number of hydrogen-bond donors (Lipinski definition) is 2. The summed E-state index contributed by atoms with van der Waals surface area (Å²) in [5.41, 5.74) is 10.9. The first-order chi connectivity index (χ1) is 51.0. The Bertz CT molecular complexity index is 4470. The van der Waals surface area contributed by atoms with Crippen molar-refractivity contribution >= 4 is 116 Å². The van der Waals surface area contributed by atoms with E-state index in [1.807, 2.05) is 101 Å². The monoisotopic (exact) mass is 1620 g/mol. The van der Waals surface area contributed by atoms with E-state index in [1.165, 1.54) is 17.5 Å². The zero-order valence-electron chi connectivity index (χ0n) is 62.8. The number of carbonyl (C=O) groups excluding carboxylic acids is 1. The van der Waals surface area contributed by atoms with E-state index in [1.54, 1.807) is 23.5 Å². The summed E-state index contributed by atoms with van der Waals surface area (Å²) >= 11 is 10.1. The van der Waals surface area contributed by atoms with Gasteiger partial charge in [-0.25, -0.2) is 4.79 Å². The number of hydrogen-bond acceptors (Lipinski definition) is 19. The highest BCUT2D eigenvalue weighted by atomic mass is 79.9. The molecule has 5 fully saturated rings. The lowest BCUT2D eigenvalue weighted by atomic mass is 9.84. The SMILES string of the molecule is BrCc1ccc(Br)cn1.CB(O)N1CCNCC1.C[C@@H]1CN(c2ccc(C#N)c3ncccc23)C[C@H](C)N1Cc1ccc(Br)cn1.C[C@@H]1CN(c2ccc(C#N)c3ncccc23)C[C@H](C)N1Cc1ccc(N2CCN(C(=O)OC(C)(C)C)CC2)cn1.C[C@@H]1C[C@H](C)CN(c2ccc(C#N)c3ccccc23)C1. The lowest BCUT2D eigenvalue weighted by Crippen LogP contribution is -2.56. The fraction of sp³-hybridized carbons (Fsp3) is 0.427. The van der Waals surface area contributed by atoms with E-state index in [4.69, 9.17) is 14.7 Å². The van der Waals surface area contributed by atoms with Crippen LogP contribution in [0.15, 0.2) is 161 Å². The van der Waals surface area contributed by atoms with Gasteiger partial charge in [-0.1, -0.05) is 54.0 Å². The van der Waals surface area contributed by atoms with E-state index in [9.17, 15) is 20.6 Å². The fourth-order valence-corrected chi connectivity index (χ4v) is 15.7. The molecule has 2 N–H and O–H groups in total. The number of piperazine rings is 4. The van der Waals surface area contributed by atoms with Crippen molar-refractivity contribution in [1.29, 1.82) is 15.8 Å². The number of carbonyl (C=O) groups is 1. The number of nitriles is 3. The second kappa shape index (κ2) is 38.0. The van der Waals surface area contributed by atoms with Crippen LogP contribution in [0.25, 0.3) is 32.6 Å². The third kappa shape index (κ3) is 21.3. The van der Waals surface area contributed by atoms with Crippen molar-refractivity contribution in [1.82, 2.24) is 49.7 Å². The molecular formula is C82H99BBr3N17O3. The molecule has 10 heterocycles. The average molecular weight is 1620 g/mol. The van der Waals surface area contributed by atoms with Crippen molar-refractivity contribution in [3.63, 3.8) is 0 Å². The number of alkyl halides is 1. The van der Waals surface area contributed by atoms with Crippen molar-refractivity contribution in [3.8, 4) is 18.2 Å². The molecule has 5 aromatic heterocycles. The van der Waals surface area contributed by atoms with Crippen LogP contribution in [0, 0.1) is 45.8 Å². The Hall–Kier alpha value is -8.35. The number of piperidine rings is 1. The topological polar surface area (TPSA) is 220 Å². The van der Waals surface area contributed by atoms with Crippen LogP contribution in [0.4, 0.5) is 27.5 Å². The summed E-state index contributed by atoms with van der Waals surface area (Å²) in [5.74, 6) is 1.46. The zero-order valence-corrected chi connectivity index (χ0v) is 67.5. The first kappa shape index (κ1) is 80.2. The smallest absolute Gasteiger partial charge is 0.410 e. The van der Waals surface area contributed by atoms with E-state index in [2.05, 4.69) is 228 Å². The Kier molecular flexibility index (Phi) is 28.7. The van der Waals surface area contributed by atoms with Gasteiger partial charge in [-0.15, -0.1) is 0 Å². The highest BCUT2D eigenvalue weighted by Crippen LogP contribution is 2.36. The molecule has 9 aromatic rings. The standard InChI is InChI=1S/C31H39N7O2.C22H22BrN5.C18H20N2.C6H5Br2N.C5H13BN2O/c1-22-19-37(28-11-8-24(17-32)29-27(28)7-6-12-33-29)20-23(2)38(22)21-25-9-10-26(18-34-25)35-13-15-36(16-14-35)30(39)40-31(3,4)5;1-15-12-27(13-16(2)28(15)14-19-7-6-18(23)11-26-19)21-8-5-17(10-24)22-20(21)4-3-9-25-22;1-13-9-14(2)12-20(11-13)18-8-7-15(10-19)16-5-3-4-6-17(16)18;7-3-6-2-1-5(8)4-9-6;1-6(9)8-4-2-7-3-5-8/h6-12,18,22-23H,13-16,19-21H2,1-5H3;3-9,11,15-16H,12-14H2,1-2H3;3-8,13-14H,9,11-12H2,1-2H3;1-2,4H,3H2;7,9H,2-5H2,1H3/t22-,23+;15-,16+;13-,14+;;. The number of pyridine rings is 5. The van der Waals surface area contributed by atoms with Gasteiger partial charge < -0.3 is 44.4 Å². The van der Waals surface area contributed by atoms with Gasteiger partial charge in [0.2, 0.25) is 0 Å². The predicted octanol–water partition coefficient (Wildman–Crippen LogP) is 15.0. The number of nitrogens with one attached hydrogen (secondary N) is 1. The number of nitrogens with zero attached hydrogens (tertiary/aromatic N) is 16. The molecule has 5 aliphatic rings. The van der Waals surface area contributed by atoms with E-state index in [0.29, 0.717) is 48.4 Å². The van der Waals surface area contributed by atoms with Crippen LogP contribution >= 0.6 is 47.8 Å². The van der Waals surface area contributed by atoms with Gasteiger partial charge in [0.15, 0.2) is 0 Å². The Labute approximate surface area is 651 Å². The number of anilines is 4. The van der Waals surface area contributed by atoms with Gasteiger partial charge in [-0.05, 0) is 202 Å². The molecule has 0 unspecified atom stereocenters. The Morgan fingerprint density at radius 2 is 0.962 bits per heavy atom. The number of benzene rings is 4. The van der Waals surface area contributed by atoms with Gasteiger partial charge in [0.25, 0.3) is 0 Å². The van der Waals surface area contributed by atoms with Crippen LogP contribution in [0.3, 0.4) is 0 Å². The maximum absolute atomic E-state index is 12.4. The predicted molar refractivity (Wildman–Crippen MR) is 439 cm³/mol. The number of fused-ring (bicyclic) bond motifs is 3. The molecule has 0 radical (unpaired) electrons. The third-order valence-electron chi connectivity index (χ3n) is 20.0. The summed E-state index contributed by atoms with van der Waals surface area (Å²) in [4.78, 5) is 53.2. The van der Waals surface area contributed by atoms with Crippen LogP contribution in [0.2, 0.25) is 6.82 Å². The molecule has 0 saturated carbocycles. The van der Waals surface area contributed by atoms with Gasteiger partial charge in [-0.3, -0.25) is 34.7 Å². The van der Waals surface area contributed by atoms with Crippen molar-refractivity contribution in [2.75, 3.05) is 111 Å². The molecule has 1 amide bonds. The van der Waals surface area contributed by atoms with Crippen LogP contribution < -0.4 is 24.9 Å². The maximum atomic E-state index is 12.4. The van der Waals surface area contributed by atoms with E-state index in [-0.39, 0.29) is 13.1 Å². The quantitative estimate of drug-likeness (QED) is 0.0960. The van der Waals surface area contributed by atoms with Crippen LogP contribution in [-0.4, -0.2) is 184 Å². The molecule has 24 heteroatoms. The van der Waals surface area contributed by atoms with Crippen molar-refractivity contribution in [3.05, 3.63) is 195 Å². The van der Waals surface area contributed by atoms with E-state index < -0.39 is 5.60 Å². The number of halogens is 3. The minimum absolute atomic E-state index is 0.243. The molecule has 0 bridgehead atoms. The Balaban J connectivity index is 0.000000157. The molecule has 5 aliphatic heterocycles. The summed E-state index contributed by atoms with van der Waals surface area (Å²) in [5, 5.41) is 45.6. The molecule has 6 atom stereocenters. The lowest BCUT2D eigenvalue weighted by Gasteiger charge is -2.45. The number of amides is 1. The average Bonchev–Trinajstić information content (AvgIpc) is 0.780. The summed E-state index contributed by atoms with van der Waals surface area (Å²) in [6.45, 7) is 35.5. The molecule has 0 spiro atoms.